The molecule has 0 saturated heterocycles. The molecule has 0 bridgehead atoms. The van der Waals surface area contributed by atoms with Crippen LogP contribution in [0.4, 0.5) is 20.6 Å². The Morgan fingerprint density at radius 1 is 0.853 bits per heavy atom. The van der Waals surface area contributed by atoms with E-state index in [4.69, 9.17) is 18.6 Å². The summed E-state index contributed by atoms with van der Waals surface area (Å²) in [5.41, 5.74) is 1.39. The molecule has 8 nitrogen and oxygen atoms in total. The summed E-state index contributed by atoms with van der Waals surface area (Å²) in [5.74, 6) is 0.736. The number of halogens is 1. The molecule has 1 heterocycles. The lowest BCUT2D eigenvalue weighted by molar-refractivity contribution is 0.262. The van der Waals surface area contributed by atoms with E-state index < -0.39 is 11.8 Å². The normalized spacial score (nSPS) is 10.6. The molecule has 0 saturated carbocycles. The van der Waals surface area contributed by atoms with Gasteiger partial charge in [0.2, 0.25) is 5.75 Å². The van der Waals surface area contributed by atoms with Gasteiger partial charge in [-0.25, -0.2) is 9.18 Å². The summed E-state index contributed by atoms with van der Waals surface area (Å²) in [5, 5.41) is 5.53. The minimum atomic E-state index is -0.509. The molecule has 0 atom stereocenters. The Kier molecular flexibility index (Phi) is 6.35. The second-order valence-corrected chi connectivity index (χ2v) is 7.16. The number of hydrogen-bond donors (Lipinski definition) is 2. The van der Waals surface area contributed by atoms with E-state index in [0.29, 0.717) is 22.7 Å². The molecule has 4 rings (SSSR count). The Morgan fingerprint density at radius 2 is 1.56 bits per heavy atom. The lowest BCUT2D eigenvalue weighted by atomic mass is 10.1. The van der Waals surface area contributed by atoms with Gasteiger partial charge in [-0.3, -0.25) is 4.79 Å². The van der Waals surface area contributed by atoms with Crippen LogP contribution >= 0.6 is 0 Å². The number of urea groups is 1. The van der Waals surface area contributed by atoms with E-state index >= 15 is 0 Å². The average molecular weight is 464 g/mol. The van der Waals surface area contributed by atoms with Crippen LogP contribution in [0.2, 0.25) is 0 Å². The number of amides is 2. The van der Waals surface area contributed by atoms with Crippen molar-refractivity contribution in [1.82, 2.24) is 0 Å². The van der Waals surface area contributed by atoms with E-state index in [1.165, 1.54) is 51.7 Å². The molecule has 0 aliphatic heterocycles. The first kappa shape index (κ1) is 22.7. The monoisotopic (exact) mass is 464 g/mol. The third kappa shape index (κ3) is 4.49. The van der Waals surface area contributed by atoms with Crippen LogP contribution in [-0.2, 0) is 0 Å². The smallest absolute Gasteiger partial charge is 0.323 e. The highest BCUT2D eigenvalue weighted by Crippen LogP contribution is 2.42. The standard InChI is InChI=1S/C25H21FN2O6/c1-31-21-13-20-22(24(33-3)23(21)32-2)18(29)12-19(34-20)14-5-4-6-17(11-14)28-25(30)27-16-9-7-15(26)8-10-16/h4-13H,1-3H3,(H2,27,28,30). The zero-order chi connectivity index (χ0) is 24.2. The molecule has 34 heavy (non-hydrogen) atoms. The van der Waals surface area contributed by atoms with Gasteiger partial charge in [-0.2, -0.15) is 0 Å². The predicted molar refractivity (Wildman–Crippen MR) is 127 cm³/mol. The van der Waals surface area contributed by atoms with Crippen LogP contribution in [0, 0.1) is 5.82 Å². The van der Waals surface area contributed by atoms with Crippen molar-refractivity contribution in [3.8, 4) is 28.6 Å². The Labute approximate surface area is 193 Å². The van der Waals surface area contributed by atoms with E-state index in [1.807, 2.05) is 0 Å². The topological polar surface area (TPSA) is 99.0 Å². The van der Waals surface area contributed by atoms with Crippen molar-refractivity contribution in [2.75, 3.05) is 32.0 Å². The van der Waals surface area contributed by atoms with Gasteiger partial charge in [0.15, 0.2) is 16.9 Å². The van der Waals surface area contributed by atoms with E-state index in [2.05, 4.69) is 10.6 Å². The summed E-state index contributed by atoms with van der Waals surface area (Å²) >= 11 is 0. The molecule has 0 fully saturated rings. The predicted octanol–water partition coefficient (Wildman–Crippen LogP) is 5.27. The average Bonchev–Trinajstić information content (AvgIpc) is 2.84. The fourth-order valence-electron chi connectivity index (χ4n) is 3.51. The molecule has 9 heteroatoms. The van der Waals surface area contributed by atoms with E-state index in [9.17, 15) is 14.0 Å². The van der Waals surface area contributed by atoms with Crippen molar-refractivity contribution >= 4 is 28.4 Å². The van der Waals surface area contributed by atoms with Crippen LogP contribution in [0.15, 0.2) is 69.9 Å². The molecule has 0 aliphatic rings. The van der Waals surface area contributed by atoms with Gasteiger partial charge in [0, 0.05) is 29.1 Å². The first-order valence-electron chi connectivity index (χ1n) is 10.1. The molecule has 0 aliphatic carbocycles. The number of anilines is 2. The van der Waals surface area contributed by atoms with E-state index in [1.54, 1.807) is 30.3 Å². The number of rotatable bonds is 6. The van der Waals surface area contributed by atoms with Crippen LogP contribution in [0.25, 0.3) is 22.3 Å². The maximum Gasteiger partial charge on any atom is 0.323 e. The first-order chi connectivity index (χ1) is 16.4. The van der Waals surface area contributed by atoms with Crippen molar-refractivity contribution in [1.29, 1.82) is 0 Å². The molecule has 4 aromatic rings. The molecule has 2 N–H and O–H groups in total. The minimum absolute atomic E-state index is 0.213. The maximum atomic E-state index is 13.0. The van der Waals surface area contributed by atoms with Gasteiger partial charge in [0.1, 0.15) is 22.5 Å². The lowest BCUT2D eigenvalue weighted by Crippen LogP contribution is -2.19. The highest BCUT2D eigenvalue weighted by Gasteiger charge is 2.21. The van der Waals surface area contributed by atoms with Gasteiger partial charge in [0.05, 0.1) is 21.3 Å². The summed E-state index contributed by atoms with van der Waals surface area (Å²) in [6.07, 6.45) is 0. The Bertz CT molecular complexity index is 1420. The third-order valence-electron chi connectivity index (χ3n) is 5.03. The number of benzene rings is 3. The number of carbonyl (C=O) groups excluding carboxylic acids is 1. The number of nitrogens with one attached hydrogen (secondary N) is 2. The molecule has 0 spiro atoms. The minimum Gasteiger partial charge on any atom is -0.493 e. The molecule has 3 aromatic carbocycles. The van der Waals surface area contributed by atoms with Crippen LogP contribution in [-0.4, -0.2) is 27.4 Å². The van der Waals surface area contributed by atoms with Crippen LogP contribution in [0.5, 0.6) is 17.2 Å². The number of hydrogen-bond acceptors (Lipinski definition) is 6. The number of methoxy groups -OCH3 is 3. The number of ether oxygens (including phenoxy) is 3. The van der Waals surface area contributed by atoms with Crippen molar-refractivity contribution in [2.45, 2.75) is 0 Å². The molecular weight excluding hydrogens is 443 g/mol. The second kappa shape index (κ2) is 9.53. The summed E-state index contributed by atoms with van der Waals surface area (Å²) in [6, 6.07) is 14.6. The van der Waals surface area contributed by atoms with Crippen molar-refractivity contribution < 1.29 is 27.8 Å². The molecule has 0 unspecified atom stereocenters. The molecule has 1 aromatic heterocycles. The largest absolute Gasteiger partial charge is 0.493 e. The Morgan fingerprint density at radius 3 is 2.24 bits per heavy atom. The summed E-state index contributed by atoms with van der Waals surface area (Å²) in [4.78, 5) is 25.3. The van der Waals surface area contributed by atoms with Gasteiger partial charge in [-0.05, 0) is 36.4 Å². The quantitative estimate of drug-likeness (QED) is 0.403. The van der Waals surface area contributed by atoms with Crippen molar-refractivity contribution in [2.24, 2.45) is 0 Å². The highest BCUT2D eigenvalue weighted by molar-refractivity contribution is 6.00. The van der Waals surface area contributed by atoms with Gasteiger partial charge >= 0.3 is 6.03 Å². The maximum absolute atomic E-state index is 13.0. The van der Waals surface area contributed by atoms with Crippen molar-refractivity contribution in [3.05, 3.63) is 76.7 Å². The lowest BCUT2D eigenvalue weighted by Gasteiger charge is -2.14. The molecule has 2 amide bonds. The van der Waals surface area contributed by atoms with Crippen LogP contribution in [0.1, 0.15) is 0 Å². The SMILES string of the molecule is COc1cc2oc(-c3cccc(NC(=O)Nc4ccc(F)cc4)c3)cc(=O)c2c(OC)c1OC. The summed E-state index contributed by atoms with van der Waals surface area (Å²) < 4.78 is 35.1. The summed E-state index contributed by atoms with van der Waals surface area (Å²) in [7, 11) is 4.35. The number of carbonyl (C=O) groups is 1. The van der Waals surface area contributed by atoms with E-state index in [-0.39, 0.29) is 33.7 Å². The molecule has 174 valence electrons. The second-order valence-electron chi connectivity index (χ2n) is 7.16. The van der Waals surface area contributed by atoms with Crippen molar-refractivity contribution in [3.63, 3.8) is 0 Å². The van der Waals surface area contributed by atoms with Gasteiger partial charge < -0.3 is 29.3 Å². The van der Waals surface area contributed by atoms with Gasteiger partial charge in [0.25, 0.3) is 0 Å². The van der Waals surface area contributed by atoms with Gasteiger partial charge in [-0.15, -0.1) is 0 Å². The van der Waals surface area contributed by atoms with Gasteiger partial charge in [-0.1, -0.05) is 12.1 Å². The Hall–Kier alpha value is -4.53. The highest BCUT2D eigenvalue weighted by atomic mass is 19.1. The molecular formula is C25H21FN2O6. The molecule has 0 radical (unpaired) electrons. The zero-order valence-corrected chi connectivity index (χ0v) is 18.6. The Balaban J connectivity index is 1.67. The fourth-order valence-corrected chi connectivity index (χ4v) is 3.51. The summed E-state index contributed by atoms with van der Waals surface area (Å²) in [6.45, 7) is 0. The van der Waals surface area contributed by atoms with Crippen LogP contribution in [0.3, 0.4) is 0 Å². The fraction of sp³-hybridized carbons (Fsp3) is 0.120. The van der Waals surface area contributed by atoms with Crippen LogP contribution < -0.4 is 30.3 Å². The van der Waals surface area contributed by atoms with E-state index in [0.717, 1.165) is 0 Å². The zero-order valence-electron chi connectivity index (χ0n) is 18.6. The third-order valence-corrected chi connectivity index (χ3v) is 5.03. The number of fused-ring (bicyclic) bond motifs is 1. The first-order valence-corrected chi connectivity index (χ1v) is 10.1.